The third-order valence-electron chi connectivity index (χ3n) is 6.38. The predicted octanol–water partition coefficient (Wildman–Crippen LogP) is -3.11. The number of rotatable bonds is 9. The Bertz CT molecular complexity index is 1630. The molecular weight excluding hydrogens is 570 g/mol. The number of nitrogens with one attached hydrogen (secondary N) is 1. The Kier molecular flexibility index (Phi) is 8.13. The van der Waals surface area contributed by atoms with Gasteiger partial charge in [-0.05, 0) is 46.3 Å². The van der Waals surface area contributed by atoms with Crippen molar-refractivity contribution in [3.63, 3.8) is 0 Å². The molecule has 0 saturated heterocycles. The van der Waals surface area contributed by atoms with E-state index in [4.69, 9.17) is 9.31 Å². The molecule has 0 unspecified atom stereocenters. The van der Waals surface area contributed by atoms with E-state index in [1.54, 1.807) is 0 Å². The summed E-state index contributed by atoms with van der Waals surface area (Å²) in [5.41, 5.74) is 0.316. The summed E-state index contributed by atoms with van der Waals surface area (Å²) in [6, 6.07) is 4.72. The molecule has 4 N–H and O–H groups in total. The fraction of sp³-hybridized carbons (Fsp3) is 0.318. The Labute approximate surface area is 230 Å². The van der Waals surface area contributed by atoms with Gasteiger partial charge in [0.15, 0.2) is 19.7 Å². The third-order valence-corrected chi connectivity index (χ3v) is 8.71. The number of hydrogen-bond donors (Lipinski definition) is 4. The molecule has 4 rings (SSSR count). The zero-order chi connectivity index (χ0) is 29.6. The molecule has 2 heterocycles. The molecule has 14 nitrogen and oxygen atoms in total. The minimum Gasteiger partial charge on any atom is -0.480 e. The van der Waals surface area contributed by atoms with Gasteiger partial charge in [-0.15, -0.1) is 0 Å². The highest BCUT2D eigenvalue weighted by Crippen LogP contribution is 2.24. The lowest BCUT2D eigenvalue weighted by atomic mass is 9.78. The number of amides is 2. The summed E-state index contributed by atoms with van der Waals surface area (Å²) < 4.78 is 59.3. The standard InChI is InChI=1S/C22H24B2N2O12S2/c1-39(33,34)18-7-12(5-16-14(18)10-37-23(16)31)21(29)25-3-4-26(9-20(27)28)22(30)13-6-17-15(11-38-24(17)32)19(8-13)40(2,35)36/h5-8,31-32H,3-4,9-11H2,1-2H3,(H,25,29)(H,27,28). The van der Waals surface area contributed by atoms with E-state index in [9.17, 15) is 46.4 Å². The first-order valence-electron chi connectivity index (χ1n) is 11.7. The van der Waals surface area contributed by atoms with E-state index in [0.717, 1.165) is 29.5 Å². The molecule has 0 spiro atoms. The van der Waals surface area contributed by atoms with Crippen LogP contribution >= 0.6 is 0 Å². The molecule has 0 bridgehead atoms. The highest BCUT2D eigenvalue weighted by molar-refractivity contribution is 7.91. The number of carboxylic acid groups (broad SMARTS) is 1. The molecule has 212 valence electrons. The van der Waals surface area contributed by atoms with Crippen LogP contribution in [0.1, 0.15) is 31.8 Å². The molecule has 0 saturated carbocycles. The summed E-state index contributed by atoms with van der Waals surface area (Å²) in [5, 5.41) is 31.9. The molecule has 40 heavy (non-hydrogen) atoms. The van der Waals surface area contributed by atoms with Gasteiger partial charge in [0.2, 0.25) is 0 Å². The van der Waals surface area contributed by atoms with Crippen LogP contribution in [0.3, 0.4) is 0 Å². The number of carbonyl (C=O) groups excluding carboxylic acids is 2. The second-order valence-corrected chi connectivity index (χ2v) is 13.3. The second kappa shape index (κ2) is 10.9. The highest BCUT2D eigenvalue weighted by Gasteiger charge is 2.35. The van der Waals surface area contributed by atoms with E-state index in [-0.39, 0.29) is 69.3 Å². The first kappa shape index (κ1) is 29.7. The number of fused-ring (bicyclic) bond motifs is 2. The molecular formula is C22H24B2N2O12S2. The Morgan fingerprint density at radius 1 is 0.875 bits per heavy atom. The topological polar surface area (TPSA) is 214 Å². The number of nitrogens with zero attached hydrogens (tertiary/aromatic N) is 1. The lowest BCUT2D eigenvalue weighted by Gasteiger charge is -2.22. The lowest BCUT2D eigenvalue weighted by Crippen LogP contribution is -2.42. The quantitative estimate of drug-likeness (QED) is 0.213. The number of carbonyl (C=O) groups is 3. The molecule has 0 fully saturated rings. The van der Waals surface area contributed by atoms with E-state index in [1.807, 2.05) is 0 Å². The first-order chi connectivity index (χ1) is 18.6. The van der Waals surface area contributed by atoms with Crippen LogP contribution in [0.2, 0.25) is 0 Å². The van der Waals surface area contributed by atoms with Crippen LogP contribution in [0, 0.1) is 0 Å². The minimum atomic E-state index is -3.84. The van der Waals surface area contributed by atoms with E-state index in [2.05, 4.69) is 5.32 Å². The third kappa shape index (κ3) is 6.06. The maximum atomic E-state index is 13.3. The van der Waals surface area contributed by atoms with Gasteiger partial charge in [-0.3, -0.25) is 14.4 Å². The SMILES string of the molecule is CS(=O)(=O)c1cc(C(=O)NCCN(CC(=O)O)C(=O)c2cc3c(c(S(C)(=O)=O)c2)COB3O)cc2c1COB2O. The molecule has 2 aliphatic heterocycles. The summed E-state index contributed by atoms with van der Waals surface area (Å²) in [5.74, 6) is -3.01. The number of aliphatic carboxylic acids is 1. The van der Waals surface area contributed by atoms with Crippen LogP contribution in [0.15, 0.2) is 34.1 Å². The van der Waals surface area contributed by atoms with Crippen LogP contribution in [0.25, 0.3) is 0 Å². The zero-order valence-electron chi connectivity index (χ0n) is 21.3. The van der Waals surface area contributed by atoms with Crippen molar-refractivity contribution in [3.8, 4) is 0 Å². The van der Waals surface area contributed by atoms with Crippen LogP contribution in [-0.2, 0) is 47.0 Å². The monoisotopic (exact) mass is 594 g/mol. The van der Waals surface area contributed by atoms with Crippen molar-refractivity contribution in [2.45, 2.75) is 23.0 Å². The van der Waals surface area contributed by atoms with Gasteiger partial charge in [-0.1, -0.05) is 0 Å². The van der Waals surface area contributed by atoms with Crippen molar-refractivity contribution in [2.24, 2.45) is 0 Å². The van der Waals surface area contributed by atoms with Gasteiger partial charge in [0, 0.05) is 36.7 Å². The van der Waals surface area contributed by atoms with Gasteiger partial charge in [-0.2, -0.15) is 0 Å². The van der Waals surface area contributed by atoms with Gasteiger partial charge in [0.05, 0.1) is 23.0 Å². The van der Waals surface area contributed by atoms with E-state index >= 15 is 0 Å². The molecule has 18 heteroatoms. The van der Waals surface area contributed by atoms with Crippen molar-refractivity contribution >= 4 is 62.6 Å². The average Bonchev–Trinajstić information content (AvgIpc) is 3.42. The van der Waals surface area contributed by atoms with Gasteiger partial charge in [0.1, 0.15) is 6.54 Å². The molecule has 2 amide bonds. The van der Waals surface area contributed by atoms with Crippen LogP contribution in [-0.4, -0.2) is 101 Å². The van der Waals surface area contributed by atoms with Crippen molar-refractivity contribution in [1.82, 2.24) is 10.2 Å². The molecule has 0 radical (unpaired) electrons. The van der Waals surface area contributed by atoms with Gasteiger partial charge >= 0.3 is 20.2 Å². The highest BCUT2D eigenvalue weighted by atomic mass is 32.2. The first-order valence-corrected chi connectivity index (χ1v) is 15.5. The van der Waals surface area contributed by atoms with Crippen molar-refractivity contribution in [2.75, 3.05) is 32.1 Å². The summed E-state index contributed by atoms with van der Waals surface area (Å²) in [6.07, 6.45) is 1.87. The van der Waals surface area contributed by atoms with E-state index in [1.165, 1.54) is 12.1 Å². The van der Waals surface area contributed by atoms with Crippen molar-refractivity contribution in [3.05, 3.63) is 46.5 Å². The summed E-state index contributed by atoms with van der Waals surface area (Å²) >= 11 is 0. The Hall–Kier alpha value is -3.28. The second-order valence-electron chi connectivity index (χ2n) is 9.33. The van der Waals surface area contributed by atoms with Crippen LogP contribution in [0.5, 0.6) is 0 Å². The number of hydrogen-bond acceptors (Lipinski definition) is 11. The maximum Gasteiger partial charge on any atom is 0.491 e. The van der Waals surface area contributed by atoms with E-state index in [0.29, 0.717) is 0 Å². The minimum absolute atomic E-state index is 0.0688. The average molecular weight is 594 g/mol. The molecule has 0 aliphatic carbocycles. The molecule has 0 atom stereocenters. The Morgan fingerprint density at radius 2 is 1.35 bits per heavy atom. The van der Waals surface area contributed by atoms with Crippen molar-refractivity contribution < 1.29 is 55.7 Å². The number of carboxylic acids is 1. The summed E-state index contributed by atoms with van der Waals surface area (Å²) in [7, 11) is -10.5. The van der Waals surface area contributed by atoms with Crippen molar-refractivity contribution in [1.29, 1.82) is 0 Å². The molecule has 2 aromatic rings. The smallest absolute Gasteiger partial charge is 0.480 e. The van der Waals surface area contributed by atoms with Gasteiger partial charge in [-0.25, -0.2) is 16.8 Å². The van der Waals surface area contributed by atoms with Gasteiger partial charge < -0.3 is 34.7 Å². The van der Waals surface area contributed by atoms with Gasteiger partial charge in [0.25, 0.3) is 11.8 Å². The summed E-state index contributed by atoms with van der Waals surface area (Å²) in [6.45, 7) is -1.72. The normalized spacial score (nSPS) is 14.6. The fourth-order valence-corrected chi connectivity index (χ4v) is 6.44. The summed E-state index contributed by atoms with van der Waals surface area (Å²) in [4.78, 5) is 38.0. The fourth-order valence-electron chi connectivity index (χ4n) is 4.51. The molecule has 0 aromatic heterocycles. The van der Waals surface area contributed by atoms with E-state index < -0.39 is 58.2 Å². The molecule has 2 aliphatic rings. The zero-order valence-corrected chi connectivity index (χ0v) is 22.9. The Morgan fingerprint density at radius 3 is 1.82 bits per heavy atom. The maximum absolute atomic E-state index is 13.3. The largest absolute Gasteiger partial charge is 0.491 e. The predicted molar refractivity (Wildman–Crippen MR) is 140 cm³/mol. The number of sulfone groups is 2. The lowest BCUT2D eigenvalue weighted by molar-refractivity contribution is -0.137. The van der Waals surface area contributed by atoms with Crippen LogP contribution in [0.4, 0.5) is 0 Å². The Balaban J connectivity index is 1.56. The van der Waals surface area contributed by atoms with Crippen LogP contribution < -0.4 is 16.2 Å². The molecule has 2 aromatic carbocycles. The number of benzene rings is 2.